The van der Waals surface area contributed by atoms with Crippen LogP contribution >= 0.6 is 0 Å². The van der Waals surface area contributed by atoms with Gasteiger partial charge in [0.05, 0.1) is 18.6 Å². The molecule has 29 heavy (non-hydrogen) atoms. The van der Waals surface area contributed by atoms with Crippen molar-refractivity contribution in [3.63, 3.8) is 0 Å². The van der Waals surface area contributed by atoms with Crippen molar-refractivity contribution in [1.82, 2.24) is 14.3 Å². The number of sulfonamides is 1. The van der Waals surface area contributed by atoms with E-state index in [-0.39, 0.29) is 12.6 Å². The Labute approximate surface area is 170 Å². The number of nitrogens with zero attached hydrogens (tertiary/aromatic N) is 3. The summed E-state index contributed by atoms with van der Waals surface area (Å²) >= 11 is 0. The Bertz CT molecular complexity index is 1130. The quantitative estimate of drug-likeness (QED) is 0.669. The lowest BCUT2D eigenvalue weighted by molar-refractivity contribution is 0.282. The summed E-state index contributed by atoms with van der Waals surface area (Å²) in [5.41, 5.74) is 2.63. The summed E-state index contributed by atoms with van der Waals surface area (Å²) in [7, 11) is -3.13. The number of rotatable bonds is 5. The van der Waals surface area contributed by atoms with Gasteiger partial charge in [-0.3, -0.25) is 4.98 Å². The lowest BCUT2D eigenvalue weighted by Gasteiger charge is -2.30. The van der Waals surface area contributed by atoms with Gasteiger partial charge in [-0.2, -0.15) is 0 Å². The van der Waals surface area contributed by atoms with Crippen molar-refractivity contribution < 1.29 is 13.5 Å². The molecule has 1 aromatic carbocycles. The summed E-state index contributed by atoms with van der Waals surface area (Å²) in [5, 5.41) is 14.8. The summed E-state index contributed by atoms with van der Waals surface area (Å²) in [6.07, 6.45) is 6.33. The zero-order valence-electron chi connectivity index (χ0n) is 16.2. The summed E-state index contributed by atoms with van der Waals surface area (Å²) in [6.45, 7) is 1.02. The zero-order valence-corrected chi connectivity index (χ0v) is 17.1. The third-order valence-corrected chi connectivity index (χ3v) is 6.61. The zero-order chi connectivity index (χ0) is 20.4. The Hall–Kier alpha value is -2.55. The van der Waals surface area contributed by atoms with Gasteiger partial charge in [-0.25, -0.2) is 17.7 Å². The van der Waals surface area contributed by atoms with E-state index in [0.29, 0.717) is 13.1 Å². The number of hydrogen-bond acceptors (Lipinski definition) is 6. The van der Waals surface area contributed by atoms with E-state index in [1.54, 1.807) is 6.20 Å². The number of fused-ring (bicyclic) bond motifs is 1. The minimum atomic E-state index is -3.13. The van der Waals surface area contributed by atoms with Gasteiger partial charge in [0.25, 0.3) is 0 Å². The van der Waals surface area contributed by atoms with Crippen molar-refractivity contribution >= 4 is 26.6 Å². The first-order valence-electron chi connectivity index (χ1n) is 9.60. The molecule has 0 saturated carbocycles. The lowest BCUT2D eigenvalue weighted by Crippen LogP contribution is -2.41. The molecule has 0 aliphatic carbocycles. The van der Waals surface area contributed by atoms with Crippen LogP contribution in [0.5, 0.6) is 0 Å². The van der Waals surface area contributed by atoms with Crippen LogP contribution in [0.2, 0.25) is 0 Å². The van der Waals surface area contributed by atoms with Crippen LogP contribution in [0.15, 0.2) is 48.8 Å². The Morgan fingerprint density at radius 2 is 1.97 bits per heavy atom. The van der Waals surface area contributed by atoms with Gasteiger partial charge < -0.3 is 10.4 Å². The van der Waals surface area contributed by atoms with Gasteiger partial charge in [-0.1, -0.05) is 18.2 Å². The minimum absolute atomic E-state index is 0.0147. The van der Waals surface area contributed by atoms with Crippen molar-refractivity contribution in [3.8, 4) is 11.3 Å². The second-order valence-corrected chi connectivity index (χ2v) is 9.37. The summed E-state index contributed by atoms with van der Waals surface area (Å²) in [4.78, 5) is 9.09. The smallest absolute Gasteiger partial charge is 0.211 e. The van der Waals surface area contributed by atoms with Crippen LogP contribution in [0.25, 0.3) is 22.0 Å². The highest BCUT2D eigenvalue weighted by molar-refractivity contribution is 7.88. The number of nitrogens with one attached hydrogen (secondary N) is 1. The predicted molar refractivity (Wildman–Crippen MR) is 114 cm³/mol. The van der Waals surface area contributed by atoms with E-state index in [9.17, 15) is 13.5 Å². The average Bonchev–Trinajstić information content (AvgIpc) is 2.73. The Morgan fingerprint density at radius 1 is 1.17 bits per heavy atom. The van der Waals surface area contributed by atoms with Crippen LogP contribution in [-0.4, -0.2) is 53.2 Å². The van der Waals surface area contributed by atoms with Gasteiger partial charge in [0.1, 0.15) is 5.82 Å². The minimum Gasteiger partial charge on any atom is -0.392 e. The number of aromatic nitrogens is 2. The maximum absolute atomic E-state index is 11.7. The van der Waals surface area contributed by atoms with Gasteiger partial charge in [0, 0.05) is 47.9 Å². The summed E-state index contributed by atoms with van der Waals surface area (Å²) in [5.74, 6) is 0.753. The van der Waals surface area contributed by atoms with Crippen LogP contribution in [0.1, 0.15) is 18.4 Å². The maximum Gasteiger partial charge on any atom is 0.211 e. The highest BCUT2D eigenvalue weighted by Crippen LogP contribution is 2.29. The molecule has 2 aromatic heterocycles. The van der Waals surface area contributed by atoms with E-state index in [1.807, 2.05) is 42.6 Å². The highest BCUT2D eigenvalue weighted by atomic mass is 32.2. The fourth-order valence-electron chi connectivity index (χ4n) is 3.73. The number of benzene rings is 1. The van der Waals surface area contributed by atoms with Crippen LogP contribution in [0.4, 0.5) is 5.82 Å². The fraction of sp³-hybridized carbons (Fsp3) is 0.333. The second kappa shape index (κ2) is 8.06. The van der Waals surface area contributed by atoms with Gasteiger partial charge in [0.2, 0.25) is 10.0 Å². The molecule has 8 heteroatoms. The van der Waals surface area contributed by atoms with Crippen LogP contribution in [0, 0.1) is 0 Å². The molecule has 0 spiro atoms. The molecular weight excluding hydrogens is 388 g/mol. The lowest BCUT2D eigenvalue weighted by atomic mass is 10.0. The van der Waals surface area contributed by atoms with Crippen molar-refractivity contribution in [1.29, 1.82) is 0 Å². The molecule has 0 amide bonds. The Morgan fingerprint density at radius 3 is 2.69 bits per heavy atom. The topological polar surface area (TPSA) is 95.4 Å². The van der Waals surface area contributed by atoms with E-state index >= 15 is 0 Å². The molecule has 3 aromatic rings. The van der Waals surface area contributed by atoms with Crippen LogP contribution in [0.3, 0.4) is 0 Å². The number of aliphatic hydroxyl groups is 1. The number of hydrogen-bond donors (Lipinski definition) is 2. The van der Waals surface area contributed by atoms with Gasteiger partial charge in [-0.05, 0) is 36.6 Å². The molecule has 1 saturated heterocycles. The van der Waals surface area contributed by atoms with E-state index in [1.165, 1.54) is 10.6 Å². The number of anilines is 1. The molecule has 4 rings (SSSR count). The molecule has 0 unspecified atom stereocenters. The van der Waals surface area contributed by atoms with Crippen molar-refractivity contribution in [3.05, 3.63) is 54.4 Å². The van der Waals surface area contributed by atoms with Gasteiger partial charge in [-0.15, -0.1) is 0 Å². The molecule has 2 N–H and O–H groups in total. The monoisotopic (exact) mass is 412 g/mol. The molecule has 1 aliphatic heterocycles. The van der Waals surface area contributed by atoms with Crippen molar-refractivity contribution in [2.24, 2.45) is 0 Å². The maximum atomic E-state index is 11.7. The highest BCUT2D eigenvalue weighted by Gasteiger charge is 2.25. The summed E-state index contributed by atoms with van der Waals surface area (Å²) in [6, 6.07) is 11.8. The number of aliphatic hydroxyl groups excluding tert-OH is 1. The van der Waals surface area contributed by atoms with E-state index in [0.717, 1.165) is 46.3 Å². The Balaban J connectivity index is 1.59. The largest absolute Gasteiger partial charge is 0.392 e. The number of piperidine rings is 1. The van der Waals surface area contributed by atoms with Gasteiger partial charge >= 0.3 is 0 Å². The van der Waals surface area contributed by atoms with E-state index in [2.05, 4.69) is 15.3 Å². The van der Waals surface area contributed by atoms with Crippen molar-refractivity contribution in [2.75, 3.05) is 24.7 Å². The first-order valence-corrected chi connectivity index (χ1v) is 11.5. The van der Waals surface area contributed by atoms with Gasteiger partial charge in [0.15, 0.2) is 0 Å². The average molecular weight is 413 g/mol. The third kappa shape index (κ3) is 4.39. The first-order chi connectivity index (χ1) is 13.9. The third-order valence-electron chi connectivity index (χ3n) is 5.31. The molecule has 0 atom stereocenters. The molecule has 0 radical (unpaired) electrons. The molecule has 1 aliphatic rings. The van der Waals surface area contributed by atoms with E-state index in [4.69, 9.17) is 0 Å². The van der Waals surface area contributed by atoms with Crippen LogP contribution < -0.4 is 5.32 Å². The first kappa shape index (κ1) is 19.8. The molecule has 0 bridgehead atoms. The normalized spacial score (nSPS) is 16.2. The molecule has 7 nitrogen and oxygen atoms in total. The van der Waals surface area contributed by atoms with Crippen LogP contribution in [-0.2, 0) is 16.6 Å². The van der Waals surface area contributed by atoms with E-state index < -0.39 is 10.0 Å². The molecular formula is C21H24N4O3S. The fourth-order valence-corrected chi connectivity index (χ4v) is 4.61. The standard InChI is InChI=1S/C21H24N4O3S/c1-29(27,28)25-9-6-18(7-10-25)24-20-12-19-17(13-23-20)5-8-22-21(19)16-4-2-3-15(11-16)14-26/h2-5,8,11-13,18,26H,6-7,9-10,14H2,1H3,(H,23,24). The summed E-state index contributed by atoms with van der Waals surface area (Å²) < 4.78 is 24.9. The second-order valence-electron chi connectivity index (χ2n) is 7.39. The Kier molecular flexibility index (Phi) is 5.49. The molecule has 3 heterocycles. The van der Waals surface area contributed by atoms with Crippen molar-refractivity contribution in [2.45, 2.75) is 25.5 Å². The predicted octanol–water partition coefficient (Wildman–Crippen LogP) is 2.63. The molecule has 152 valence electrons. The SMILES string of the molecule is CS(=O)(=O)N1CCC(Nc2cc3c(-c4cccc(CO)c4)nccc3cn2)CC1. The number of pyridine rings is 2. The molecule has 1 fully saturated rings.